The Morgan fingerprint density at radius 2 is 1.92 bits per heavy atom. The van der Waals surface area contributed by atoms with E-state index in [4.69, 9.17) is 0 Å². The molecule has 6 heteroatoms. The van der Waals surface area contributed by atoms with Crippen molar-refractivity contribution in [1.82, 2.24) is 9.97 Å². The zero-order chi connectivity index (χ0) is 16.7. The number of nitrogens with one attached hydrogen (secondary N) is 2. The molecule has 1 aliphatic heterocycles. The topological polar surface area (TPSA) is 74.8 Å². The lowest BCUT2D eigenvalue weighted by Crippen LogP contribution is -2.31. The molecule has 4 rings (SSSR count). The third-order valence-electron chi connectivity index (χ3n) is 4.32. The van der Waals surface area contributed by atoms with Crippen LogP contribution in [-0.4, -0.2) is 22.1 Å². The molecule has 2 N–H and O–H groups in total. The van der Waals surface area contributed by atoms with Gasteiger partial charge in [0.25, 0.3) is 5.56 Å². The van der Waals surface area contributed by atoms with Crippen LogP contribution in [0.15, 0.2) is 52.4 Å². The Balaban J connectivity index is 1.97. The summed E-state index contributed by atoms with van der Waals surface area (Å²) in [5, 5.41) is 5.38. The summed E-state index contributed by atoms with van der Waals surface area (Å²) in [6.45, 7) is 0. The van der Waals surface area contributed by atoms with E-state index in [0.717, 1.165) is 16.3 Å². The summed E-state index contributed by atoms with van der Waals surface area (Å²) in [7, 11) is 0. The molecule has 0 radical (unpaired) electrons. The fraction of sp³-hybridized carbons (Fsp3) is 0.167. The van der Waals surface area contributed by atoms with Crippen LogP contribution in [0, 0.1) is 0 Å². The second-order valence-electron chi connectivity index (χ2n) is 5.71. The van der Waals surface area contributed by atoms with E-state index in [1.165, 1.54) is 11.8 Å². The van der Waals surface area contributed by atoms with E-state index in [1.54, 1.807) is 0 Å². The second kappa shape index (κ2) is 5.79. The quantitative estimate of drug-likeness (QED) is 0.556. The SMILES string of the molecule is CSc1nc2c(c(=O)[nH]1)C(c1cccc3ccccc13)CC(=O)N2. The lowest BCUT2D eigenvalue weighted by Gasteiger charge is -2.25. The van der Waals surface area contributed by atoms with Crippen LogP contribution in [0.25, 0.3) is 10.8 Å². The fourth-order valence-corrected chi connectivity index (χ4v) is 3.64. The molecule has 120 valence electrons. The average Bonchev–Trinajstić information content (AvgIpc) is 2.60. The van der Waals surface area contributed by atoms with Crippen molar-refractivity contribution in [1.29, 1.82) is 0 Å². The highest BCUT2D eigenvalue weighted by Gasteiger charge is 2.31. The molecule has 1 atom stereocenters. The number of benzene rings is 2. The highest BCUT2D eigenvalue weighted by Crippen LogP contribution is 2.37. The number of anilines is 1. The summed E-state index contributed by atoms with van der Waals surface area (Å²) in [5.74, 6) is -0.0464. The molecule has 0 aliphatic carbocycles. The minimum atomic E-state index is -0.299. The molecule has 0 saturated carbocycles. The molecule has 2 aromatic carbocycles. The highest BCUT2D eigenvalue weighted by molar-refractivity contribution is 7.98. The van der Waals surface area contributed by atoms with E-state index in [0.29, 0.717) is 16.5 Å². The van der Waals surface area contributed by atoms with Crippen LogP contribution >= 0.6 is 11.8 Å². The first kappa shape index (κ1) is 15.0. The Labute approximate surface area is 142 Å². The Bertz CT molecular complexity index is 1010. The van der Waals surface area contributed by atoms with Gasteiger partial charge < -0.3 is 10.3 Å². The van der Waals surface area contributed by atoms with Crippen molar-refractivity contribution in [3.8, 4) is 0 Å². The Morgan fingerprint density at radius 3 is 2.75 bits per heavy atom. The van der Waals surface area contributed by atoms with Crippen LogP contribution in [0.3, 0.4) is 0 Å². The molecule has 5 nitrogen and oxygen atoms in total. The summed E-state index contributed by atoms with van der Waals surface area (Å²) in [5.41, 5.74) is 1.32. The number of hydrogen-bond acceptors (Lipinski definition) is 4. The van der Waals surface area contributed by atoms with E-state index in [-0.39, 0.29) is 23.8 Å². The molecule has 2 heterocycles. The van der Waals surface area contributed by atoms with E-state index >= 15 is 0 Å². The molecule has 1 unspecified atom stereocenters. The Morgan fingerprint density at radius 1 is 1.12 bits per heavy atom. The molecular formula is C18H15N3O2S. The maximum Gasteiger partial charge on any atom is 0.257 e. The Kier molecular flexibility index (Phi) is 3.61. The number of carbonyl (C=O) groups excluding carboxylic acids is 1. The van der Waals surface area contributed by atoms with Crippen LogP contribution in [0.5, 0.6) is 0 Å². The number of nitrogens with zero attached hydrogens (tertiary/aromatic N) is 1. The predicted molar refractivity (Wildman–Crippen MR) is 95.7 cm³/mol. The number of amides is 1. The molecule has 24 heavy (non-hydrogen) atoms. The number of H-pyrrole nitrogens is 1. The van der Waals surface area contributed by atoms with Crippen LogP contribution in [-0.2, 0) is 4.79 Å². The molecule has 1 aromatic heterocycles. The molecule has 1 aliphatic rings. The number of aromatic nitrogens is 2. The van der Waals surface area contributed by atoms with Gasteiger partial charge in [-0.05, 0) is 22.6 Å². The summed E-state index contributed by atoms with van der Waals surface area (Å²) in [6, 6.07) is 14.0. The Hall–Kier alpha value is -2.60. The minimum Gasteiger partial charge on any atom is -0.310 e. The molecule has 0 fully saturated rings. The lowest BCUT2D eigenvalue weighted by molar-refractivity contribution is -0.116. The first-order chi connectivity index (χ1) is 11.7. The van der Waals surface area contributed by atoms with Gasteiger partial charge in [0, 0.05) is 12.3 Å². The summed E-state index contributed by atoms with van der Waals surface area (Å²) < 4.78 is 0. The summed E-state index contributed by atoms with van der Waals surface area (Å²) in [4.78, 5) is 32.0. The first-order valence-corrected chi connectivity index (χ1v) is 8.85. The third-order valence-corrected chi connectivity index (χ3v) is 4.90. The minimum absolute atomic E-state index is 0.120. The van der Waals surface area contributed by atoms with Crippen LogP contribution in [0.2, 0.25) is 0 Å². The van der Waals surface area contributed by atoms with Crippen molar-refractivity contribution in [2.24, 2.45) is 0 Å². The van der Waals surface area contributed by atoms with Gasteiger partial charge in [-0.2, -0.15) is 0 Å². The molecule has 0 saturated heterocycles. The van der Waals surface area contributed by atoms with Gasteiger partial charge in [-0.15, -0.1) is 0 Å². The van der Waals surface area contributed by atoms with Gasteiger partial charge >= 0.3 is 0 Å². The van der Waals surface area contributed by atoms with E-state index in [9.17, 15) is 9.59 Å². The van der Waals surface area contributed by atoms with Crippen molar-refractivity contribution in [3.63, 3.8) is 0 Å². The molecule has 3 aromatic rings. The van der Waals surface area contributed by atoms with Crippen LogP contribution in [0.1, 0.15) is 23.5 Å². The third kappa shape index (κ3) is 2.39. The number of hydrogen-bond donors (Lipinski definition) is 2. The van der Waals surface area contributed by atoms with Gasteiger partial charge in [0.15, 0.2) is 5.16 Å². The normalized spacial score (nSPS) is 16.7. The van der Waals surface area contributed by atoms with Crippen LogP contribution < -0.4 is 10.9 Å². The number of aromatic amines is 1. The van der Waals surface area contributed by atoms with E-state index in [1.807, 2.05) is 48.7 Å². The summed E-state index contributed by atoms with van der Waals surface area (Å²) >= 11 is 1.34. The van der Waals surface area contributed by atoms with Crippen molar-refractivity contribution in [2.45, 2.75) is 17.5 Å². The monoisotopic (exact) mass is 337 g/mol. The second-order valence-corrected chi connectivity index (χ2v) is 6.51. The van der Waals surface area contributed by atoms with Crippen molar-refractivity contribution in [3.05, 3.63) is 63.9 Å². The van der Waals surface area contributed by atoms with E-state index < -0.39 is 0 Å². The predicted octanol–water partition coefficient (Wildman–Crippen LogP) is 3.12. The van der Waals surface area contributed by atoms with Gasteiger partial charge in [0.2, 0.25) is 5.91 Å². The van der Waals surface area contributed by atoms with Gasteiger partial charge in [0.05, 0.1) is 5.56 Å². The van der Waals surface area contributed by atoms with Crippen molar-refractivity contribution < 1.29 is 4.79 Å². The van der Waals surface area contributed by atoms with E-state index in [2.05, 4.69) is 15.3 Å². The molecule has 0 spiro atoms. The highest BCUT2D eigenvalue weighted by atomic mass is 32.2. The van der Waals surface area contributed by atoms with Crippen molar-refractivity contribution >= 4 is 34.3 Å². The maximum absolute atomic E-state index is 12.6. The zero-order valence-corrected chi connectivity index (χ0v) is 13.8. The number of fused-ring (bicyclic) bond motifs is 2. The number of rotatable bonds is 2. The largest absolute Gasteiger partial charge is 0.310 e. The first-order valence-electron chi connectivity index (χ1n) is 7.63. The molecule has 0 bridgehead atoms. The maximum atomic E-state index is 12.6. The van der Waals surface area contributed by atoms with Gasteiger partial charge in [-0.1, -0.05) is 54.2 Å². The van der Waals surface area contributed by atoms with Gasteiger partial charge in [0.1, 0.15) is 5.82 Å². The van der Waals surface area contributed by atoms with Gasteiger partial charge in [-0.25, -0.2) is 4.98 Å². The standard InChI is InChI=1S/C18H15N3O2S/c1-24-18-20-16-15(17(23)21-18)13(9-14(22)19-16)12-8-4-6-10-5-2-3-7-11(10)12/h2-8,13H,9H2,1H3,(H2,19,20,21,22,23). The number of thioether (sulfide) groups is 1. The summed E-state index contributed by atoms with van der Waals surface area (Å²) in [6.07, 6.45) is 2.07. The van der Waals surface area contributed by atoms with Crippen molar-refractivity contribution in [2.75, 3.05) is 11.6 Å². The smallest absolute Gasteiger partial charge is 0.257 e. The zero-order valence-electron chi connectivity index (χ0n) is 13.0. The number of carbonyl (C=O) groups is 1. The fourth-order valence-electron chi connectivity index (χ4n) is 3.27. The average molecular weight is 337 g/mol. The van der Waals surface area contributed by atoms with Crippen LogP contribution in [0.4, 0.5) is 5.82 Å². The molecule has 1 amide bonds. The van der Waals surface area contributed by atoms with Gasteiger partial charge in [-0.3, -0.25) is 9.59 Å². The lowest BCUT2D eigenvalue weighted by atomic mass is 9.84. The molecular weight excluding hydrogens is 322 g/mol.